The minimum Gasteiger partial charge on any atom is -0.496 e. The fraction of sp³-hybridized carbons (Fsp3) is 0.200. The summed E-state index contributed by atoms with van der Waals surface area (Å²) in [5, 5.41) is 2.68. The van der Waals surface area contributed by atoms with Crippen molar-refractivity contribution in [2.24, 2.45) is 0 Å². The van der Waals surface area contributed by atoms with Crippen LogP contribution in [-0.4, -0.2) is 40.6 Å². The lowest BCUT2D eigenvalue weighted by atomic mass is 10.2. The minimum absolute atomic E-state index is 0.00246. The van der Waals surface area contributed by atoms with Crippen molar-refractivity contribution in [2.45, 2.75) is 18.7 Å². The Bertz CT molecular complexity index is 1310. The average Bonchev–Trinajstić information content (AvgIpc) is 2.83. The van der Waals surface area contributed by atoms with Gasteiger partial charge in [0.2, 0.25) is 5.91 Å². The number of nitrogens with zero attached hydrogens (tertiary/aromatic N) is 1. The first-order valence-corrected chi connectivity index (χ1v) is 12.9. The number of ether oxygens (including phenoxy) is 2. The highest BCUT2D eigenvalue weighted by atomic mass is 79.9. The topological polar surface area (TPSA) is 102 Å². The quantitative estimate of drug-likeness (QED) is 0.378. The van der Waals surface area contributed by atoms with E-state index in [9.17, 15) is 18.0 Å². The van der Waals surface area contributed by atoms with E-state index in [1.165, 1.54) is 37.4 Å². The van der Waals surface area contributed by atoms with Crippen molar-refractivity contribution in [3.63, 3.8) is 0 Å². The van der Waals surface area contributed by atoms with Gasteiger partial charge >= 0.3 is 5.97 Å². The molecule has 1 amide bonds. The molecular weight excluding hydrogens is 536 g/mol. The Labute approximate surface area is 213 Å². The Morgan fingerprint density at radius 2 is 1.66 bits per heavy atom. The maximum absolute atomic E-state index is 13.6. The summed E-state index contributed by atoms with van der Waals surface area (Å²) in [6.45, 7) is 3.39. The van der Waals surface area contributed by atoms with E-state index in [0.717, 1.165) is 9.87 Å². The summed E-state index contributed by atoms with van der Waals surface area (Å²) < 4.78 is 38.8. The first kappa shape index (κ1) is 26.2. The second-order valence-electron chi connectivity index (χ2n) is 7.49. The molecular formula is C25H25BrN2O6S. The zero-order valence-electron chi connectivity index (χ0n) is 19.4. The van der Waals surface area contributed by atoms with Crippen molar-refractivity contribution in [1.29, 1.82) is 0 Å². The molecule has 0 radical (unpaired) electrons. The second kappa shape index (κ2) is 11.4. The van der Waals surface area contributed by atoms with Gasteiger partial charge in [0.05, 0.1) is 34.3 Å². The molecule has 0 bridgehead atoms. The van der Waals surface area contributed by atoms with Gasteiger partial charge in [-0.1, -0.05) is 17.7 Å². The maximum atomic E-state index is 13.6. The van der Waals surface area contributed by atoms with Gasteiger partial charge < -0.3 is 14.8 Å². The largest absolute Gasteiger partial charge is 0.496 e. The van der Waals surface area contributed by atoms with Gasteiger partial charge in [0, 0.05) is 5.69 Å². The zero-order valence-corrected chi connectivity index (χ0v) is 21.9. The van der Waals surface area contributed by atoms with Crippen molar-refractivity contribution in [1.82, 2.24) is 0 Å². The van der Waals surface area contributed by atoms with Gasteiger partial charge in [-0.05, 0) is 84.4 Å². The predicted molar refractivity (Wildman–Crippen MR) is 137 cm³/mol. The third kappa shape index (κ3) is 6.40. The van der Waals surface area contributed by atoms with Crippen LogP contribution < -0.4 is 14.4 Å². The number of aryl methyl sites for hydroxylation is 1. The molecule has 0 aliphatic carbocycles. The van der Waals surface area contributed by atoms with Gasteiger partial charge in [0.15, 0.2) is 0 Å². The van der Waals surface area contributed by atoms with E-state index in [1.54, 1.807) is 43.3 Å². The molecule has 8 nitrogen and oxygen atoms in total. The summed E-state index contributed by atoms with van der Waals surface area (Å²) in [6.07, 6.45) is 0. The van der Waals surface area contributed by atoms with Crippen LogP contribution >= 0.6 is 15.9 Å². The summed E-state index contributed by atoms with van der Waals surface area (Å²) in [5.74, 6) is -0.534. The summed E-state index contributed by atoms with van der Waals surface area (Å²) in [4.78, 5) is 24.7. The molecule has 1 N–H and O–H groups in total. The standard InChI is InChI=1S/C25H25BrN2O6S/c1-4-34-25(30)18-7-9-19(10-8-18)27-24(29)16-28(20-11-5-17(2)6-12-20)35(31,32)21-13-14-23(33-3)22(26)15-21/h5-15H,4,16H2,1-3H3,(H,27,29). The van der Waals surface area contributed by atoms with E-state index in [-0.39, 0.29) is 11.5 Å². The smallest absolute Gasteiger partial charge is 0.338 e. The molecule has 184 valence electrons. The lowest BCUT2D eigenvalue weighted by Gasteiger charge is -2.24. The molecule has 10 heteroatoms. The molecule has 3 aromatic carbocycles. The molecule has 0 unspecified atom stereocenters. The summed E-state index contributed by atoms with van der Waals surface area (Å²) in [6, 6.07) is 17.4. The van der Waals surface area contributed by atoms with Crippen molar-refractivity contribution in [3.8, 4) is 5.75 Å². The van der Waals surface area contributed by atoms with Crippen molar-refractivity contribution < 1.29 is 27.5 Å². The number of carbonyl (C=O) groups excluding carboxylic acids is 2. The number of hydrogen-bond acceptors (Lipinski definition) is 6. The lowest BCUT2D eigenvalue weighted by molar-refractivity contribution is -0.114. The van der Waals surface area contributed by atoms with Crippen LogP contribution in [-0.2, 0) is 19.6 Å². The van der Waals surface area contributed by atoms with E-state index in [4.69, 9.17) is 9.47 Å². The number of methoxy groups -OCH3 is 1. The Morgan fingerprint density at radius 3 is 2.23 bits per heavy atom. The van der Waals surface area contributed by atoms with Crippen LogP contribution in [0.25, 0.3) is 0 Å². The summed E-state index contributed by atoms with van der Waals surface area (Å²) >= 11 is 3.32. The first-order valence-electron chi connectivity index (χ1n) is 10.7. The molecule has 0 spiro atoms. The van der Waals surface area contributed by atoms with Crippen LogP contribution in [0.3, 0.4) is 0 Å². The van der Waals surface area contributed by atoms with Crippen LogP contribution in [0, 0.1) is 6.92 Å². The third-order valence-corrected chi connectivity index (χ3v) is 7.39. The molecule has 3 aromatic rings. The van der Waals surface area contributed by atoms with Gasteiger partial charge in [-0.15, -0.1) is 0 Å². The second-order valence-corrected chi connectivity index (χ2v) is 10.2. The molecule has 0 atom stereocenters. The van der Waals surface area contributed by atoms with Crippen molar-refractivity contribution in [3.05, 3.63) is 82.3 Å². The normalized spacial score (nSPS) is 11.0. The minimum atomic E-state index is -4.10. The van der Waals surface area contributed by atoms with Gasteiger partial charge in [0.25, 0.3) is 10.0 Å². The Kier molecular flexibility index (Phi) is 8.52. The van der Waals surface area contributed by atoms with E-state index >= 15 is 0 Å². The number of carbonyl (C=O) groups is 2. The number of halogens is 1. The van der Waals surface area contributed by atoms with Gasteiger partial charge in [-0.3, -0.25) is 9.10 Å². The van der Waals surface area contributed by atoms with E-state index in [2.05, 4.69) is 21.2 Å². The first-order chi connectivity index (χ1) is 16.6. The van der Waals surface area contributed by atoms with Gasteiger partial charge in [-0.25, -0.2) is 13.2 Å². The Balaban J connectivity index is 1.88. The van der Waals surface area contributed by atoms with E-state index in [1.807, 2.05) is 6.92 Å². The fourth-order valence-electron chi connectivity index (χ4n) is 3.20. The van der Waals surface area contributed by atoms with E-state index in [0.29, 0.717) is 27.2 Å². The van der Waals surface area contributed by atoms with Crippen LogP contribution in [0.1, 0.15) is 22.8 Å². The molecule has 0 aliphatic rings. The molecule has 0 saturated carbocycles. The van der Waals surface area contributed by atoms with Crippen LogP contribution in [0.2, 0.25) is 0 Å². The average molecular weight is 561 g/mol. The predicted octanol–water partition coefficient (Wildman–Crippen LogP) is 4.78. The maximum Gasteiger partial charge on any atom is 0.338 e. The zero-order chi connectivity index (χ0) is 25.6. The van der Waals surface area contributed by atoms with Crippen molar-refractivity contribution >= 4 is 49.2 Å². The number of hydrogen-bond donors (Lipinski definition) is 1. The summed E-state index contributed by atoms with van der Waals surface area (Å²) in [5.41, 5.74) is 2.05. The van der Waals surface area contributed by atoms with Crippen molar-refractivity contribution in [2.75, 3.05) is 29.9 Å². The number of benzene rings is 3. The van der Waals surface area contributed by atoms with E-state index < -0.39 is 28.4 Å². The molecule has 0 aliphatic heterocycles. The van der Waals surface area contributed by atoms with Crippen LogP contribution in [0.4, 0.5) is 11.4 Å². The number of anilines is 2. The van der Waals surface area contributed by atoms with Gasteiger partial charge in [0.1, 0.15) is 12.3 Å². The molecule has 0 aromatic heterocycles. The lowest BCUT2D eigenvalue weighted by Crippen LogP contribution is -2.38. The van der Waals surface area contributed by atoms with Gasteiger partial charge in [-0.2, -0.15) is 0 Å². The fourth-order valence-corrected chi connectivity index (χ4v) is 5.34. The summed E-state index contributed by atoms with van der Waals surface area (Å²) in [7, 11) is -2.62. The highest BCUT2D eigenvalue weighted by molar-refractivity contribution is 9.10. The Morgan fingerprint density at radius 1 is 1.00 bits per heavy atom. The monoisotopic (exact) mass is 560 g/mol. The number of rotatable bonds is 9. The highest BCUT2D eigenvalue weighted by Gasteiger charge is 2.28. The number of esters is 1. The third-order valence-electron chi connectivity index (χ3n) is 5.00. The number of sulfonamides is 1. The molecule has 0 heterocycles. The molecule has 3 rings (SSSR count). The highest BCUT2D eigenvalue weighted by Crippen LogP contribution is 2.31. The Hall–Kier alpha value is -3.37. The molecule has 35 heavy (non-hydrogen) atoms. The molecule has 0 fully saturated rings. The van der Waals surface area contributed by atoms with Crippen LogP contribution in [0.5, 0.6) is 5.75 Å². The van der Waals surface area contributed by atoms with Crippen LogP contribution in [0.15, 0.2) is 76.1 Å². The number of amides is 1. The SMILES string of the molecule is CCOC(=O)c1ccc(NC(=O)CN(c2ccc(C)cc2)S(=O)(=O)c2ccc(OC)c(Br)c2)cc1. The number of nitrogens with one attached hydrogen (secondary N) is 1. The molecule has 0 saturated heterocycles.